The van der Waals surface area contributed by atoms with Gasteiger partial charge in [-0.05, 0) is 0 Å². The van der Waals surface area contributed by atoms with E-state index in [0.29, 0.717) is 32.0 Å². The first-order valence-corrected chi connectivity index (χ1v) is 5.53. The molecule has 1 aromatic rings. The van der Waals surface area contributed by atoms with Crippen LogP contribution in [0.3, 0.4) is 0 Å². The van der Waals surface area contributed by atoms with Gasteiger partial charge in [-0.25, -0.2) is 4.98 Å². The van der Waals surface area contributed by atoms with E-state index in [1.807, 2.05) is 4.90 Å². The number of likely N-dealkylation sites (tertiary alicyclic amines) is 1. The van der Waals surface area contributed by atoms with Crippen LogP contribution in [-0.4, -0.2) is 49.2 Å². The monoisotopic (exact) mass is 246 g/mol. The van der Waals surface area contributed by atoms with Crippen molar-refractivity contribution in [1.82, 2.24) is 9.88 Å². The van der Waals surface area contributed by atoms with Gasteiger partial charge in [0.1, 0.15) is 5.76 Å². The maximum atomic E-state index is 11.1. The first kappa shape index (κ1) is 15.3. The van der Waals surface area contributed by atoms with Crippen molar-refractivity contribution in [2.75, 3.05) is 33.4 Å². The minimum absolute atomic E-state index is 0. The Morgan fingerprint density at radius 2 is 2.44 bits per heavy atom. The molecule has 1 aliphatic heterocycles. The molecule has 0 spiro atoms. The number of hydrogen-bond acceptors (Lipinski definition) is 6. The Morgan fingerprint density at radius 3 is 3.00 bits per heavy atom. The minimum atomic E-state index is -1.04. The predicted molar refractivity (Wildman–Crippen MR) is 56.1 cm³/mol. The van der Waals surface area contributed by atoms with Crippen LogP contribution in [0.5, 0.6) is 0 Å². The van der Waals surface area contributed by atoms with Crippen molar-refractivity contribution in [3.63, 3.8) is 0 Å². The third-order valence-electron chi connectivity index (χ3n) is 3.13. The third kappa shape index (κ3) is 3.36. The molecule has 2 rings (SSSR count). The number of aromatic nitrogens is 1. The molecule has 0 aromatic carbocycles. The largest absolute Gasteiger partial charge is 1.00 e. The fourth-order valence-electron chi connectivity index (χ4n) is 2.22. The molecule has 1 saturated heterocycles. The first-order valence-electron chi connectivity index (χ1n) is 5.53. The molecule has 2 atom stereocenters. The summed E-state index contributed by atoms with van der Waals surface area (Å²) in [6.07, 6.45) is 2.89. The predicted octanol–water partition coefficient (Wildman–Crippen LogP) is -3.91. The van der Waals surface area contributed by atoms with Crippen molar-refractivity contribution in [2.24, 2.45) is 5.92 Å². The Hall–Kier alpha value is -0.803. The smallest absolute Gasteiger partial charge is 0.550 e. The molecule has 0 saturated carbocycles. The number of carboxylic acids is 1. The fraction of sp³-hybridized carbons (Fsp3) is 0.636. The molecule has 1 aromatic heterocycles. The second kappa shape index (κ2) is 6.95. The molecular formula is C11H15LiN2O4. The Balaban J connectivity index is 0.00000162. The molecule has 2 heterocycles. The Kier molecular flexibility index (Phi) is 5.89. The molecule has 0 aliphatic carbocycles. The van der Waals surface area contributed by atoms with Crippen LogP contribution >= 0.6 is 0 Å². The van der Waals surface area contributed by atoms with Crippen molar-refractivity contribution >= 4 is 5.97 Å². The summed E-state index contributed by atoms with van der Waals surface area (Å²) in [5.41, 5.74) is 0. The Morgan fingerprint density at radius 1 is 1.67 bits per heavy atom. The maximum Gasteiger partial charge on any atom is 1.00 e. The molecule has 6 nitrogen and oxygen atoms in total. The van der Waals surface area contributed by atoms with Crippen LogP contribution in [0.25, 0.3) is 0 Å². The SMILES string of the molecule is COCCN1CC(C(=O)[O-])C(c2cnco2)C1.[Li+]. The summed E-state index contributed by atoms with van der Waals surface area (Å²) in [4.78, 5) is 17.0. The van der Waals surface area contributed by atoms with Crippen LogP contribution < -0.4 is 24.0 Å². The number of rotatable bonds is 5. The zero-order valence-corrected chi connectivity index (χ0v) is 10.7. The van der Waals surface area contributed by atoms with Gasteiger partial charge in [0.2, 0.25) is 0 Å². The number of carboxylic acid groups (broad SMARTS) is 1. The quantitative estimate of drug-likeness (QED) is 0.494. The van der Waals surface area contributed by atoms with Crippen LogP contribution in [0.4, 0.5) is 0 Å². The van der Waals surface area contributed by atoms with E-state index in [0.717, 1.165) is 0 Å². The van der Waals surface area contributed by atoms with Gasteiger partial charge in [-0.2, -0.15) is 0 Å². The standard InChI is InChI=1S/C11H16N2O4.Li/c1-16-3-2-13-5-8(9(6-13)11(14)15)10-4-12-7-17-10;/h4,7-9H,2-3,5-6H2,1H3,(H,14,15);/q;+1/p-1. The van der Waals surface area contributed by atoms with E-state index in [4.69, 9.17) is 9.15 Å². The van der Waals surface area contributed by atoms with E-state index in [2.05, 4.69) is 4.98 Å². The number of carbonyl (C=O) groups is 1. The molecule has 0 amide bonds. The van der Waals surface area contributed by atoms with Gasteiger partial charge in [-0.15, -0.1) is 0 Å². The van der Waals surface area contributed by atoms with Gasteiger partial charge in [-0.3, -0.25) is 4.90 Å². The Labute approximate surface area is 117 Å². The summed E-state index contributed by atoms with van der Waals surface area (Å²) in [5, 5.41) is 11.1. The summed E-state index contributed by atoms with van der Waals surface area (Å²) in [7, 11) is 1.63. The van der Waals surface area contributed by atoms with Gasteiger partial charge in [0.25, 0.3) is 0 Å². The van der Waals surface area contributed by atoms with Crippen LogP contribution in [-0.2, 0) is 9.53 Å². The second-order valence-corrected chi connectivity index (χ2v) is 4.19. The average Bonchev–Trinajstić information content (AvgIpc) is 2.94. The number of ether oxygens (including phenoxy) is 1. The van der Waals surface area contributed by atoms with Gasteiger partial charge < -0.3 is 19.1 Å². The van der Waals surface area contributed by atoms with Gasteiger partial charge in [-0.1, -0.05) is 0 Å². The number of methoxy groups -OCH3 is 1. The van der Waals surface area contributed by atoms with Gasteiger partial charge in [0, 0.05) is 44.5 Å². The molecule has 0 radical (unpaired) electrons. The van der Waals surface area contributed by atoms with Crippen LogP contribution in [0.1, 0.15) is 11.7 Å². The van der Waals surface area contributed by atoms with Crippen molar-refractivity contribution < 1.29 is 37.9 Å². The summed E-state index contributed by atoms with van der Waals surface area (Å²) in [6, 6.07) is 0. The number of hydrogen-bond donors (Lipinski definition) is 0. The summed E-state index contributed by atoms with van der Waals surface area (Å²) in [5.74, 6) is -1.15. The number of carbonyl (C=O) groups excluding carboxylic acids is 1. The van der Waals surface area contributed by atoms with Crippen molar-refractivity contribution in [2.45, 2.75) is 5.92 Å². The first-order chi connectivity index (χ1) is 8.22. The summed E-state index contributed by atoms with van der Waals surface area (Å²) < 4.78 is 10.2. The maximum absolute atomic E-state index is 11.1. The van der Waals surface area contributed by atoms with Crippen LogP contribution in [0, 0.1) is 5.92 Å². The van der Waals surface area contributed by atoms with Crippen LogP contribution in [0.2, 0.25) is 0 Å². The van der Waals surface area contributed by atoms with Gasteiger partial charge >= 0.3 is 18.9 Å². The van der Waals surface area contributed by atoms with Crippen LogP contribution in [0.15, 0.2) is 17.0 Å². The summed E-state index contributed by atoms with van der Waals surface area (Å²) in [6.45, 7) is 2.40. The molecule has 18 heavy (non-hydrogen) atoms. The molecule has 0 bridgehead atoms. The van der Waals surface area contributed by atoms with E-state index in [-0.39, 0.29) is 24.8 Å². The molecule has 0 N–H and O–H groups in total. The fourth-order valence-corrected chi connectivity index (χ4v) is 2.22. The molecule has 1 aliphatic rings. The number of nitrogens with zero attached hydrogens (tertiary/aromatic N) is 2. The molecule has 94 valence electrons. The minimum Gasteiger partial charge on any atom is -0.550 e. The third-order valence-corrected chi connectivity index (χ3v) is 3.13. The van der Waals surface area contributed by atoms with E-state index >= 15 is 0 Å². The molecule has 2 unspecified atom stereocenters. The molecule has 7 heteroatoms. The van der Waals surface area contributed by atoms with E-state index in [9.17, 15) is 9.90 Å². The van der Waals surface area contributed by atoms with Crippen molar-refractivity contribution in [1.29, 1.82) is 0 Å². The molecular weight excluding hydrogens is 231 g/mol. The average molecular weight is 246 g/mol. The number of oxazole rings is 1. The Bertz CT molecular complexity index is 371. The zero-order chi connectivity index (χ0) is 12.3. The van der Waals surface area contributed by atoms with Crippen molar-refractivity contribution in [3.8, 4) is 0 Å². The van der Waals surface area contributed by atoms with E-state index in [1.54, 1.807) is 13.3 Å². The van der Waals surface area contributed by atoms with E-state index in [1.165, 1.54) is 6.39 Å². The van der Waals surface area contributed by atoms with Crippen molar-refractivity contribution in [3.05, 3.63) is 18.4 Å². The van der Waals surface area contributed by atoms with E-state index < -0.39 is 11.9 Å². The topological polar surface area (TPSA) is 78.6 Å². The zero-order valence-electron chi connectivity index (χ0n) is 10.7. The number of aliphatic carboxylic acids is 1. The van der Waals surface area contributed by atoms with Gasteiger partial charge in [0.15, 0.2) is 6.39 Å². The second-order valence-electron chi connectivity index (χ2n) is 4.19. The molecule has 1 fully saturated rings. The normalized spacial score (nSPS) is 23.8. The van der Waals surface area contributed by atoms with Gasteiger partial charge in [0.05, 0.1) is 12.8 Å². The summed E-state index contributed by atoms with van der Waals surface area (Å²) >= 11 is 0.